The van der Waals surface area contributed by atoms with Crippen LogP contribution in [0.1, 0.15) is 22.5 Å². The maximum absolute atomic E-state index is 12.9. The van der Waals surface area contributed by atoms with E-state index in [1.165, 1.54) is 4.90 Å². The van der Waals surface area contributed by atoms with Crippen LogP contribution >= 0.6 is 11.8 Å². The van der Waals surface area contributed by atoms with Gasteiger partial charge in [0.15, 0.2) is 0 Å². The first-order chi connectivity index (χ1) is 14.4. The Hall–Kier alpha value is -3.25. The van der Waals surface area contributed by atoms with Crippen LogP contribution in [-0.4, -0.2) is 22.8 Å². The third-order valence-corrected chi connectivity index (χ3v) is 6.01. The number of hydrogen-bond acceptors (Lipinski definition) is 4. The molecule has 0 bridgehead atoms. The van der Waals surface area contributed by atoms with Crippen molar-refractivity contribution in [2.75, 3.05) is 12.0 Å². The number of aromatic nitrogens is 1. The zero-order valence-corrected chi connectivity index (χ0v) is 18.1. The number of imide groups is 1. The van der Waals surface area contributed by atoms with Crippen LogP contribution in [0.15, 0.2) is 59.5 Å². The number of nitrogens with zero attached hydrogens (tertiary/aromatic N) is 2. The predicted molar refractivity (Wildman–Crippen MR) is 121 cm³/mol. The molecule has 1 saturated heterocycles. The predicted octanol–water partition coefficient (Wildman–Crippen LogP) is 5.65. The van der Waals surface area contributed by atoms with Gasteiger partial charge in [0.05, 0.1) is 23.4 Å². The molecule has 2 heterocycles. The highest BCUT2D eigenvalue weighted by Crippen LogP contribution is 2.37. The topological polar surface area (TPSA) is 51.5 Å². The molecule has 0 atom stereocenters. The largest absolute Gasteiger partial charge is 0.495 e. The second-order valence-corrected chi connectivity index (χ2v) is 8.18. The Morgan fingerprint density at radius 1 is 0.967 bits per heavy atom. The molecule has 0 spiro atoms. The first-order valence-electron chi connectivity index (χ1n) is 9.57. The second kappa shape index (κ2) is 7.88. The van der Waals surface area contributed by atoms with E-state index < -0.39 is 0 Å². The fourth-order valence-corrected chi connectivity index (χ4v) is 4.52. The van der Waals surface area contributed by atoms with Gasteiger partial charge in [0, 0.05) is 11.4 Å². The van der Waals surface area contributed by atoms with Gasteiger partial charge in [-0.1, -0.05) is 24.3 Å². The smallest absolute Gasteiger partial charge is 0.298 e. The molecule has 1 aromatic heterocycles. The second-order valence-electron chi connectivity index (χ2n) is 7.19. The molecular formula is C24H22N2O3S. The Labute approximate surface area is 180 Å². The van der Waals surface area contributed by atoms with E-state index in [2.05, 4.69) is 10.6 Å². The van der Waals surface area contributed by atoms with Crippen LogP contribution in [0.5, 0.6) is 5.75 Å². The van der Waals surface area contributed by atoms with Crippen molar-refractivity contribution >= 4 is 34.7 Å². The number of ether oxygens (including phenoxy) is 1. The molecule has 1 aliphatic rings. The highest BCUT2D eigenvalue weighted by molar-refractivity contribution is 8.19. The van der Waals surface area contributed by atoms with E-state index in [0.29, 0.717) is 10.6 Å². The summed E-state index contributed by atoms with van der Waals surface area (Å²) in [5, 5.41) is -0.286. The summed E-state index contributed by atoms with van der Waals surface area (Å²) in [5.74, 6) is 0.479. The lowest BCUT2D eigenvalue weighted by Crippen LogP contribution is -2.27. The fourth-order valence-electron chi connectivity index (χ4n) is 3.69. The van der Waals surface area contributed by atoms with Gasteiger partial charge in [-0.15, -0.1) is 0 Å². The minimum absolute atomic E-state index is 0.286. The van der Waals surface area contributed by atoms with Crippen molar-refractivity contribution in [3.05, 3.63) is 82.0 Å². The van der Waals surface area contributed by atoms with Crippen LogP contribution in [0, 0.1) is 20.8 Å². The Morgan fingerprint density at radius 3 is 2.40 bits per heavy atom. The number of para-hydroxylation sites is 1. The van der Waals surface area contributed by atoms with Crippen molar-refractivity contribution in [1.82, 2.24) is 4.57 Å². The van der Waals surface area contributed by atoms with Gasteiger partial charge >= 0.3 is 0 Å². The molecule has 0 saturated carbocycles. The number of benzene rings is 2. The van der Waals surface area contributed by atoms with Gasteiger partial charge in [-0.25, -0.2) is 4.90 Å². The number of amides is 2. The number of anilines is 1. The first-order valence-corrected chi connectivity index (χ1v) is 10.4. The van der Waals surface area contributed by atoms with Crippen molar-refractivity contribution in [3.63, 3.8) is 0 Å². The maximum Gasteiger partial charge on any atom is 0.298 e. The third kappa shape index (κ3) is 3.44. The Kier molecular flexibility index (Phi) is 5.26. The standard InChI is InChI=1S/C24H22N2O3S/c1-15-10-11-21(29-4)20(12-15)25-16(2)13-18(17(25)3)14-22-23(27)26(24(28)30-22)19-8-6-5-7-9-19/h5-14H,1-4H3. The normalized spacial score (nSPS) is 15.3. The van der Waals surface area contributed by atoms with Crippen LogP contribution in [0.25, 0.3) is 11.8 Å². The quantitative estimate of drug-likeness (QED) is 0.514. The summed E-state index contributed by atoms with van der Waals surface area (Å²) >= 11 is 0.966. The van der Waals surface area contributed by atoms with E-state index in [-0.39, 0.29) is 11.1 Å². The first kappa shape index (κ1) is 20.0. The van der Waals surface area contributed by atoms with Gasteiger partial charge < -0.3 is 9.30 Å². The van der Waals surface area contributed by atoms with Gasteiger partial charge in [-0.05, 0) is 80.1 Å². The molecule has 6 heteroatoms. The van der Waals surface area contributed by atoms with Gasteiger partial charge in [0.25, 0.3) is 11.1 Å². The van der Waals surface area contributed by atoms with Crippen LogP contribution in [0.4, 0.5) is 10.5 Å². The molecule has 3 aromatic rings. The number of carbonyl (C=O) groups excluding carboxylic acids is 2. The van der Waals surface area contributed by atoms with Crippen molar-refractivity contribution in [2.24, 2.45) is 0 Å². The number of rotatable bonds is 4. The van der Waals surface area contributed by atoms with E-state index in [1.807, 2.05) is 57.2 Å². The lowest BCUT2D eigenvalue weighted by molar-refractivity contribution is -0.113. The lowest BCUT2D eigenvalue weighted by atomic mass is 10.2. The molecule has 30 heavy (non-hydrogen) atoms. The molecule has 2 aromatic carbocycles. The number of carbonyl (C=O) groups is 2. The summed E-state index contributed by atoms with van der Waals surface area (Å²) in [6, 6.07) is 17.1. The fraction of sp³-hybridized carbons (Fsp3) is 0.167. The summed E-state index contributed by atoms with van der Waals surface area (Å²) in [5.41, 5.74) is 5.55. The van der Waals surface area contributed by atoms with Crippen LogP contribution in [0.3, 0.4) is 0 Å². The van der Waals surface area contributed by atoms with E-state index >= 15 is 0 Å². The number of thioether (sulfide) groups is 1. The van der Waals surface area contributed by atoms with Crippen LogP contribution in [-0.2, 0) is 4.79 Å². The number of methoxy groups -OCH3 is 1. The van der Waals surface area contributed by atoms with Crippen molar-refractivity contribution < 1.29 is 14.3 Å². The van der Waals surface area contributed by atoms with Crippen LogP contribution in [0.2, 0.25) is 0 Å². The minimum Gasteiger partial charge on any atom is -0.495 e. The van der Waals surface area contributed by atoms with E-state index in [9.17, 15) is 9.59 Å². The molecule has 0 radical (unpaired) electrons. The zero-order valence-electron chi connectivity index (χ0n) is 17.3. The van der Waals surface area contributed by atoms with Gasteiger partial charge in [-0.3, -0.25) is 9.59 Å². The molecule has 2 amide bonds. The molecule has 1 fully saturated rings. The summed E-state index contributed by atoms with van der Waals surface area (Å²) < 4.78 is 7.67. The monoisotopic (exact) mass is 418 g/mol. The Bertz CT molecular complexity index is 1180. The lowest BCUT2D eigenvalue weighted by Gasteiger charge is -2.15. The highest BCUT2D eigenvalue weighted by atomic mass is 32.2. The summed E-state index contributed by atoms with van der Waals surface area (Å²) in [6.45, 7) is 6.06. The van der Waals surface area contributed by atoms with Crippen LogP contribution < -0.4 is 9.64 Å². The number of aryl methyl sites for hydroxylation is 2. The molecule has 0 aliphatic carbocycles. The molecule has 0 unspecified atom stereocenters. The SMILES string of the molecule is COc1ccc(C)cc1-n1c(C)cc(C=C2SC(=O)N(c3ccccc3)C2=O)c1C. The maximum atomic E-state index is 12.9. The minimum atomic E-state index is -0.297. The average molecular weight is 419 g/mol. The van der Waals surface area contributed by atoms with Crippen molar-refractivity contribution in [2.45, 2.75) is 20.8 Å². The Balaban J connectivity index is 1.75. The van der Waals surface area contributed by atoms with E-state index in [1.54, 1.807) is 25.3 Å². The molecule has 1 aliphatic heterocycles. The molecule has 4 rings (SSSR count). The molecule has 5 nitrogen and oxygen atoms in total. The van der Waals surface area contributed by atoms with E-state index in [4.69, 9.17) is 4.74 Å². The van der Waals surface area contributed by atoms with Crippen molar-refractivity contribution in [3.8, 4) is 11.4 Å². The average Bonchev–Trinajstić information content (AvgIpc) is 3.17. The Morgan fingerprint density at radius 2 is 1.70 bits per heavy atom. The van der Waals surface area contributed by atoms with Crippen molar-refractivity contribution in [1.29, 1.82) is 0 Å². The molecule has 0 N–H and O–H groups in total. The number of hydrogen-bond donors (Lipinski definition) is 0. The van der Waals surface area contributed by atoms with Gasteiger partial charge in [0.2, 0.25) is 0 Å². The highest BCUT2D eigenvalue weighted by Gasteiger charge is 2.36. The summed E-state index contributed by atoms with van der Waals surface area (Å²) in [6.07, 6.45) is 1.80. The summed E-state index contributed by atoms with van der Waals surface area (Å²) in [7, 11) is 1.66. The van der Waals surface area contributed by atoms with E-state index in [0.717, 1.165) is 45.7 Å². The molecular weight excluding hydrogens is 396 g/mol. The van der Waals surface area contributed by atoms with Gasteiger partial charge in [-0.2, -0.15) is 0 Å². The zero-order chi connectivity index (χ0) is 21.4. The molecule has 152 valence electrons. The van der Waals surface area contributed by atoms with Gasteiger partial charge in [0.1, 0.15) is 5.75 Å². The third-order valence-electron chi connectivity index (χ3n) is 5.14. The summed E-state index contributed by atoms with van der Waals surface area (Å²) in [4.78, 5) is 27.1.